The Bertz CT molecular complexity index is 693. The Morgan fingerprint density at radius 2 is 1.86 bits per heavy atom. The van der Waals surface area contributed by atoms with E-state index >= 15 is 0 Å². The van der Waals surface area contributed by atoms with Gasteiger partial charge in [-0.15, -0.1) is 0 Å². The number of piperidine rings is 1. The summed E-state index contributed by atoms with van der Waals surface area (Å²) in [6.45, 7) is 7.91. The first kappa shape index (κ1) is 20.0. The Labute approximate surface area is 169 Å². The zero-order chi connectivity index (χ0) is 19.9. The molecular formula is C23H35NO4. The summed E-state index contributed by atoms with van der Waals surface area (Å²) < 4.78 is 18.1. The molecule has 2 fully saturated rings. The quantitative estimate of drug-likeness (QED) is 0.847. The Hall–Kier alpha value is -1.30. The molecule has 0 aromatic heterocycles. The van der Waals surface area contributed by atoms with Crippen LogP contribution in [0, 0.1) is 0 Å². The minimum atomic E-state index is -0.452. The second-order valence-electron chi connectivity index (χ2n) is 9.56. The minimum absolute atomic E-state index is 0.135. The minimum Gasteiger partial charge on any atom is -0.493 e. The summed E-state index contributed by atoms with van der Waals surface area (Å²) in [5.74, 6) is 1.70. The predicted molar refractivity (Wildman–Crippen MR) is 109 cm³/mol. The Balaban J connectivity index is 1.55. The second-order valence-corrected chi connectivity index (χ2v) is 9.56. The molecule has 5 nitrogen and oxygen atoms in total. The van der Waals surface area contributed by atoms with Gasteiger partial charge in [-0.05, 0) is 82.6 Å². The SMILES string of the molecule is COc1cc2c(cc1OC1CCCC1)CCN1C[C@@H](OC(C)(C)C)[C@H](O)C[C@H]21. The molecule has 3 atom stereocenters. The second kappa shape index (κ2) is 7.85. The van der Waals surface area contributed by atoms with E-state index in [0.29, 0.717) is 12.5 Å². The van der Waals surface area contributed by atoms with Crippen LogP contribution < -0.4 is 9.47 Å². The smallest absolute Gasteiger partial charge is 0.161 e. The van der Waals surface area contributed by atoms with E-state index in [-0.39, 0.29) is 17.7 Å². The van der Waals surface area contributed by atoms with Crippen LogP contribution in [0.4, 0.5) is 0 Å². The molecule has 0 amide bonds. The van der Waals surface area contributed by atoms with Crippen LogP contribution in [0.5, 0.6) is 11.5 Å². The molecular weight excluding hydrogens is 354 g/mol. The maximum atomic E-state index is 10.8. The first-order valence-electron chi connectivity index (χ1n) is 10.8. The van der Waals surface area contributed by atoms with Gasteiger partial charge in [0.2, 0.25) is 0 Å². The topological polar surface area (TPSA) is 51.2 Å². The van der Waals surface area contributed by atoms with Crippen LogP contribution in [0.15, 0.2) is 12.1 Å². The van der Waals surface area contributed by atoms with Crippen LogP contribution in [0.3, 0.4) is 0 Å². The van der Waals surface area contributed by atoms with Gasteiger partial charge in [0.25, 0.3) is 0 Å². The van der Waals surface area contributed by atoms with Gasteiger partial charge in [-0.25, -0.2) is 0 Å². The highest BCUT2D eigenvalue weighted by molar-refractivity contribution is 5.50. The third-order valence-corrected chi connectivity index (χ3v) is 6.30. The van der Waals surface area contributed by atoms with Crippen molar-refractivity contribution in [1.29, 1.82) is 0 Å². The van der Waals surface area contributed by atoms with Gasteiger partial charge in [0.05, 0.1) is 31.0 Å². The Morgan fingerprint density at radius 3 is 2.54 bits per heavy atom. The number of aliphatic hydroxyl groups is 1. The Morgan fingerprint density at radius 1 is 1.11 bits per heavy atom. The van der Waals surface area contributed by atoms with Crippen molar-refractivity contribution in [2.75, 3.05) is 20.2 Å². The molecule has 0 spiro atoms. The van der Waals surface area contributed by atoms with Gasteiger partial charge in [-0.3, -0.25) is 4.90 Å². The van der Waals surface area contributed by atoms with E-state index in [2.05, 4.69) is 17.0 Å². The fourth-order valence-electron chi connectivity index (χ4n) is 5.00. The molecule has 2 aliphatic heterocycles. The number of rotatable bonds is 4. The molecule has 1 saturated carbocycles. The standard InChI is InChI=1S/C23H35NO4/c1-23(2,3)28-22-14-24-10-9-15-11-21(27-16-7-5-6-8-16)20(26-4)12-17(15)18(24)13-19(22)25/h11-12,16,18-19,22,25H,5-10,13-14H2,1-4H3/t18-,19-,22-/m1/s1. The molecule has 1 aliphatic carbocycles. The molecule has 1 aromatic carbocycles. The molecule has 28 heavy (non-hydrogen) atoms. The van der Waals surface area contributed by atoms with Crippen molar-refractivity contribution in [3.05, 3.63) is 23.3 Å². The van der Waals surface area contributed by atoms with E-state index in [1.807, 2.05) is 20.8 Å². The maximum Gasteiger partial charge on any atom is 0.161 e. The van der Waals surface area contributed by atoms with Crippen molar-refractivity contribution in [3.8, 4) is 11.5 Å². The molecule has 0 bridgehead atoms. The van der Waals surface area contributed by atoms with Gasteiger partial charge >= 0.3 is 0 Å². The number of ether oxygens (including phenoxy) is 3. The van der Waals surface area contributed by atoms with Crippen molar-refractivity contribution >= 4 is 0 Å². The van der Waals surface area contributed by atoms with E-state index in [0.717, 1.165) is 43.9 Å². The van der Waals surface area contributed by atoms with Crippen molar-refractivity contribution in [2.24, 2.45) is 0 Å². The maximum absolute atomic E-state index is 10.8. The summed E-state index contributed by atoms with van der Waals surface area (Å²) in [6, 6.07) is 4.55. The van der Waals surface area contributed by atoms with Crippen molar-refractivity contribution in [3.63, 3.8) is 0 Å². The lowest BCUT2D eigenvalue weighted by Gasteiger charge is -2.46. The fourth-order valence-corrected chi connectivity index (χ4v) is 5.00. The van der Waals surface area contributed by atoms with Crippen molar-refractivity contribution < 1.29 is 19.3 Å². The molecule has 1 saturated heterocycles. The molecule has 2 heterocycles. The molecule has 5 heteroatoms. The lowest BCUT2D eigenvalue weighted by atomic mass is 9.84. The molecule has 1 aromatic rings. The Kier molecular flexibility index (Phi) is 5.60. The van der Waals surface area contributed by atoms with Gasteiger partial charge in [0.1, 0.15) is 0 Å². The summed E-state index contributed by atoms with van der Waals surface area (Å²) in [6.07, 6.45) is 6.20. The largest absolute Gasteiger partial charge is 0.493 e. The van der Waals surface area contributed by atoms with Crippen LogP contribution in [0.2, 0.25) is 0 Å². The highest BCUT2D eigenvalue weighted by Gasteiger charge is 2.40. The van der Waals surface area contributed by atoms with E-state index in [1.54, 1.807) is 7.11 Å². The lowest BCUT2D eigenvalue weighted by molar-refractivity contribution is -0.149. The van der Waals surface area contributed by atoms with Crippen molar-refractivity contribution in [2.45, 2.75) is 89.3 Å². The predicted octanol–water partition coefficient (Wildman–Crippen LogP) is 3.86. The zero-order valence-corrected chi connectivity index (χ0v) is 17.7. The number of benzene rings is 1. The van der Waals surface area contributed by atoms with Crippen LogP contribution in [0.25, 0.3) is 0 Å². The molecule has 0 unspecified atom stereocenters. The van der Waals surface area contributed by atoms with Gasteiger partial charge in [-0.1, -0.05) is 0 Å². The van der Waals surface area contributed by atoms with E-state index in [1.165, 1.54) is 24.0 Å². The summed E-state index contributed by atoms with van der Waals surface area (Å²) in [5.41, 5.74) is 2.36. The van der Waals surface area contributed by atoms with E-state index < -0.39 is 6.10 Å². The van der Waals surface area contributed by atoms with Gasteiger partial charge in [-0.2, -0.15) is 0 Å². The third kappa shape index (κ3) is 4.17. The van der Waals surface area contributed by atoms with E-state index in [4.69, 9.17) is 14.2 Å². The monoisotopic (exact) mass is 389 g/mol. The number of aliphatic hydroxyl groups excluding tert-OH is 1. The average molecular weight is 390 g/mol. The van der Waals surface area contributed by atoms with Crippen LogP contribution >= 0.6 is 0 Å². The third-order valence-electron chi connectivity index (χ3n) is 6.30. The normalized spacial score (nSPS) is 28.7. The summed E-state index contributed by atoms with van der Waals surface area (Å²) in [4.78, 5) is 2.46. The van der Waals surface area contributed by atoms with Gasteiger partial charge < -0.3 is 19.3 Å². The summed E-state index contributed by atoms with van der Waals surface area (Å²) >= 11 is 0. The van der Waals surface area contributed by atoms with Gasteiger partial charge in [0, 0.05) is 19.1 Å². The van der Waals surface area contributed by atoms with Crippen molar-refractivity contribution in [1.82, 2.24) is 4.90 Å². The summed E-state index contributed by atoms with van der Waals surface area (Å²) in [7, 11) is 1.72. The van der Waals surface area contributed by atoms with Crippen LogP contribution in [-0.2, 0) is 11.2 Å². The average Bonchev–Trinajstić information content (AvgIpc) is 3.14. The highest BCUT2D eigenvalue weighted by atomic mass is 16.5. The number of hydrogen-bond acceptors (Lipinski definition) is 5. The summed E-state index contributed by atoms with van der Waals surface area (Å²) in [5, 5.41) is 10.8. The number of nitrogens with zero attached hydrogens (tertiary/aromatic N) is 1. The lowest BCUT2D eigenvalue weighted by Crippen LogP contribution is -2.53. The molecule has 0 radical (unpaired) electrons. The molecule has 3 aliphatic rings. The van der Waals surface area contributed by atoms with E-state index in [9.17, 15) is 5.11 Å². The van der Waals surface area contributed by atoms with Crippen LogP contribution in [0.1, 0.15) is 70.0 Å². The first-order valence-corrected chi connectivity index (χ1v) is 10.8. The zero-order valence-electron chi connectivity index (χ0n) is 17.7. The highest BCUT2D eigenvalue weighted by Crippen LogP contribution is 2.43. The number of fused-ring (bicyclic) bond motifs is 3. The first-order chi connectivity index (χ1) is 13.3. The van der Waals surface area contributed by atoms with Gasteiger partial charge in [0.15, 0.2) is 11.5 Å². The molecule has 4 rings (SSSR count). The van der Waals surface area contributed by atoms with Crippen LogP contribution in [-0.4, -0.2) is 54.1 Å². The molecule has 156 valence electrons. The fraction of sp³-hybridized carbons (Fsp3) is 0.739. The molecule has 1 N–H and O–H groups in total. The number of methoxy groups -OCH3 is 1. The number of hydrogen-bond donors (Lipinski definition) is 1.